The number of carboxylic acids is 2. The van der Waals surface area contributed by atoms with Gasteiger partial charge in [0.25, 0.3) is 5.91 Å². The Balaban J connectivity index is 1.63. The first-order chi connectivity index (χ1) is 22.1. The summed E-state index contributed by atoms with van der Waals surface area (Å²) in [6.07, 6.45) is -8.18. The Morgan fingerprint density at radius 1 is 0.723 bits per heavy atom. The third-order valence-electron chi connectivity index (χ3n) is 6.54. The number of rotatable bonds is 8. The van der Waals surface area contributed by atoms with Crippen LogP contribution in [-0.2, 0) is 12.4 Å². The van der Waals surface area contributed by atoms with Crippen LogP contribution in [0.4, 0.5) is 26.3 Å². The average molecular weight is 660 g/mol. The first-order valence-corrected chi connectivity index (χ1v) is 13.1. The van der Waals surface area contributed by atoms with Crippen molar-refractivity contribution >= 4 is 17.8 Å². The Morgan fingerprint density at radius 2 is 1.15 bits per heavy atom. The fourth-order valence-corrected chi connectivity index (χ4v) is 4.60. The number of aromatic carboxylic acids is 2. The summed E-state index contributed by atoms with van der Waals surface area (Å²) in [5, 5.41) is 36.3. The highest BCUT2D eigenvalue weighted by atomic mass is 19.4. The number of aromatic nitrogens is 7. The minimum absolute atomic E-state index is 0.0522. The second-order valence-corrected chi connectivity index (χ2v) is 9.59. The van der Waals surface area contributed by atoms with Gasteiger partial charge in [-0.1, -0.05) is 22.6 Å². The number of halogens is 6. The van der Waals surface area contributed by atoms with Crippen LogP contribution >= 0.6 is 0 Å². The van der Waals surface area contributed by atoms with E-state index in [-0.39, 0.29) is 34.9 Å². The van der Waals surface area contributed by atoms with E-state index in [9.17, 15) is 50.9 Å². The highest BCUT2D eigenvalue weighted by Gasteiger charge is 2.40. The van der Waals surface area contributed by atoms with E-state index in [2.05, 4.69) is 30.9 Å². The van der Waals surface area contributed by atoms with Crippen molar-refractivity contribution in [2.24, 2.45) is 0 Å². The van der Waals surface area contributed by atoms with E-state index in [4.69, 9.17) is 0 Å². The molecule has 242 valence electrons. The summed E-state index contributed by atoms with van der Waals surface area (Å²) in [7, 11) is 0. The maximum Gasteiger partial charge on any atom is 0.419 e. The summed E-state index contributed by atoms with van der Waals surface area (Å²) in [6.45, 7) is 1.82. The summed E-state index contributed by atoms with van der Waals surface area (Å²) in [4.78, 5) is 40.2. The summed E-state index contributed by atoms with van der Waals surface area (Å²) >= 11 is 0. The molecule has 5 rings (SSSR count). The first-order valence-electron chi connectivity index (χ1n) is 13.1. The Labute approximate surface area is 258 Å². The van der Waals surface area contributed by atoms with E-state index in [1.54, 1.807) is 6.92 Å². The van der Waals surface area contributed by atoms with Gasteiger partial charge < -0.3 is 15.5 Å². The quantitative estimate of drug-likeness (QED) is 0.197. The van der Waals surface area contributed by atoms with Crippen LogP contribution < -0.4 is 5.32 Å². The number of nitrogens with zero attached hydrogens (tertiary/aromatic N) is 7. The molecule has 1 amide bonds. The Bertz CT molecular complexity index is 1900. The van der Waals surface area contributed by atoms with Crippen molar-refractivity contribution in [3.05, 3.63) is 88.7 Å². The van der Waals surface area contributed by atoms with Gasteiger partial charge in [0.1, 0.15) is 11.4 Å². The van der Waals surface area contributed by atoms with Gasteiger partial charge in [0.2, 0.25) is 0 Å². The molecule has 0 saturated carbocycles. The summed E-state index contributed by atoms with van der Waals surface area (Å²) in [6, 6.07) is 8.13. The number of pyridine rings is 1. The van der Waals surface area contributed by atoms with Crippen LogP contribution in [0.25, 0.3) is 34.2 Å². The Hall–Kier alpha value is -6.14. The molecule has 0 fully saturated rings. The number of benzene rings is 2. The average Bonchev–Trinajstić information content (AvgIpc) is 3.70. The van der Waals surface area contributed by atoms with Gasteiger partial charge in [-0.05, 0) is 43.3 Å². The minimum atomic E-state index is -5.10. The van der Waals surface area contributed by atoms with Gasteiger partial charge >= 0.3 is 24.3 Å². The number of hydrogen-bond donors (Lipinski definition) is 3. The van der Waals surface area contributed by atoms with Crippen molar-refractivity contribution in [1.82, 2.24) is 40.3 Å². The fourth-order valence-electron chi connectivity index (χ4n) is 4.60. The molecule has 0 aliphatic rings. The van der Waals surface area contributed by atoms with E-state index < -0.39 is 63.8 Å². The molecule has 2 aromatic carbocycles. The molecule has 0 bridgehead atoms. The van der Waals surface area contributed by atoms with Crippen molar-refractivity contribution in [2.75, 3.05) is 6.54 Å². The van der Waals surface area contributed by atoms with Crippen molar-refractivity contribution in [3.63, 3.8) is 0 Å². The SMILES string of the molecule is CCNC(=O)c1cc(-c2cn(-c3cccc(C(=O)O)c3C(F)(F)F)nn2)nc(-c2cn(-c3cccc(C(=O)O)c3C(F)(F)F)nn2)c1. The van der Waals surface area contributed by atoms with Gasteiger partial charge in [-0.25, -0.2) is 23.9 Å². The molecule has 0 aliphatic carbocycles. The second-order valence-electron chi connectivity index (χ2n) is 9.59. The van der Waals surface area contributed by atoms with Gasteiger partial charge in [0.05, 0.1) is 57.4 Å². The smallest absolute Gasteiger partial charge is 0.419 e. The van der Waals surface area contributed by atoms with E-state index in [0.29, 0.717) is 9.36 Å². The molecule has 13 nitrogen and oxygen atoms in total. The molecule has 0 saturated heterocycles. The first kappa shape index (κ1) is 32.3. The summed E-state index contributed by atoms with van der Waals surface area (Å²) < 4.78 is 84.9. The zero-order valence-corrected chi connectivity index (χ0v) is 23.5. The molecular weight excluding hydrogens is 642 g/mol. The molecule has 5 aromatic rings. The van der Waals surface area contributed by atoms with Gasteiger partial charge in [0.15, 0.2) is 0 Å². The zero-order valence-electron chi connectivity index (χ0n) is 23.5. The van der Waals surface area contributed by atoms with Crippen LogP contribution in [0.15, 0.2) is 60.9 Å². The van der Waals surface area contributed by atoms with Crippen LogP contribution in [0, 0.1) is 0 Å². The largest absolute Gasteiger partial charge is 0.478 e. The van der Waals surface area contributed by atoms with Gasteiger partial charge in [0, 0.05) is 12.1 Å². The standard InChI is InChI=1S/C28H18F6N8O5/c1-2-35-24(43)13-9-16(18-11-41(39-37-18)20-7-3-5-14(25(44)45)22(20)27(29,30)31)36-17(10-13)19-12-42(40-38-19)21-8-4-6-15(26(46)47)23(21)28(32,33)34/h3-12H,2H2,1H3,(H,35,43)(H,44,45)(H,46,47). The van der Waals surface area contributed by atoms with E-state index in [1.807, 2.05) is 0 Å². The predicted octanol–water partition coefficient (Wildman–Crippen LogP) is 4.76. The molecule has 0 spiro atoms. The van der Waals surface area contributed by atoms with Crippen LogP contribution in [0.2, 0.25) is 0 Å². The third-order valence-corrected chi connectivity index (χ3v) is 6.54. The van der Waals surface area contributed by atoms with E-state index in [0.717, 1.165) is 48.8 Å². The molecule has 47 heavy (non-hydrogen) atoms. The molecule has 3 heterocycles. The lowest BCUT2D eigenvalue weighted by atomic mass is 10.0. The van der Waals surface area contributed by atoms with Crippen LogP contribution in [0.1, 0.15) is 49.1 Å². The Kier molecular flexibility index (Phi) is 8.23. The van der Waals surface area contributed by atoms with Crippen LogP contribution in [-0.4, -0.2) is 69.6 Å². The number of carboxylic acid groups (broad SMARTS) is 2. The molecule has 3 N–H and O–H groups in total. The highest BCUT2D eigenvalue weighted by Crippen LogP contribution is 2.38. The summed E-state index contributed by atoms with van der Waals surface area (Å²) in [5.74, 6) is -4.28. The molecule has 0 atom stereocenters. The number of alkyl halides is 6. The maximum absolute atomic E-state index is 13.9. The lowest BCUT2D eigenvalue weighted by Crippen LogP contribution is -2.22. The lowest BCUT2D eigenvalue weighted by Gasteiger charge is -2.14. The Morgan fingerprint density at radius 3 is 1.51 bits per heavy atom. The second kappa shape index (κ2) is 12.0. The molecular formula is C28H18F6N8O5. The normalized spacial score (nSPS) is 11.8. The van der Waals surface area contributed by atoms with Gasteiger partial charge in [-0.15, -0.1) is 10.2 Å². The van der Waals surface area contributed by atoms with E-state index in [1.165, 1.54) is 12.1 Å². The van der Waals surface area contributed by atoms with Crippen molar-refractivity contribution in [2.45, 2.75) is 19.3 Å². The molecule has 0 radical (unpaired) electrons. The third kappa shape index (κ3) is 6.35. The van der Waals surface area contributed by atoms with Crippen LogP contribution in [0.5, 0.6) is 0 Å². The topological polar surface area (TPSA) is 178 Å². The van der Waals surface area contributed by atoms with E-state index >= 15 is 0 Å². The van der Waals surface area contributed by atoms with Crippen LogP contribution in [0.3, 0.4) is 0 Å². The predicted molar refractivity (Wildman–Crippen MR) is 147 cm³/mol. The zero-order chi connectivity index (χ0) is 34.3. The number of carbonyl (C=O) groups excluding carboxylic acids is 1. The monoisotopic (exact) mass is 660 g/mol. The number of carbonyl (C=O) groups is 3. The molecule has 3 aromatic heterocycles. The highest BCUT2D eigenvalue weighted by molar-refractivity contribution is 5.96. The molecule has 0 unspecified atom stereocenters. The van der Waals surface area contributed by atoms with Crippen molar-refractivity contribution in [1.29, 1.82) is 0 Å². The van der Waals surface area contributed by atoms with Crippen molar-refractivity contribution in [3.8, 4) is 34.2 Å². The number of amides is 1. The molecule has 0 aliphatic heterocycles. The molecule has 19 heteroatoms. The van der Waals surface area contributed by atoms with Gasteiger partial charge in [-0.2, -0.15) is 26.3 Å². The maximum atomic E-state index is 13.9. The fraction of sp³-hybridized carbons (Fsp3) is 0.143. The lowest BCUT2D eigenvalue weighted by molar-refractivity contribution is -0.138. The van der Waals surface area contributed by atoms with Gasteiger partial charge in [-0.3, -0.25) is 4.79 Å². The van der Waals surface area contributed by atoms with Crippen molar-refractivity contribution < 1.29 is 50.9 Å². The number of hydrogen-bond acceptors (Lipinski definition) is 8. The number of nitrogens with one attached hydrogen (secondary N) is 1. The minimum Gasteiger partial charge on any atom is -0.478 e. The summed E-state index contributed by atoms with van der Waals surface area (Å²) in [5.41, 5.74) is -7.03.